The van der Waals surface area contributed by atoms with Gasteiger partial charge in [0.25, 0.3) is 5.91 Å². The highest BCUT2D eigenvalue weighted by Crippen LogP contribution is 2.41. The summed E-state index contributed by atoms with van der Waals surface area (Å²) in [6.07, 6.45) is 0.850. The molecule has 0 bridgehead atoms. The van der Waals surface area contributed by atoms with E-state index in [2.05, 4.69) is 21.2 Å². The number of nitrogens with one attached hydrogen (secondary N) is 1. The molecule has 0 aromatic heterocycles. The van der Waals surface area contributed by atoms with Crippen molar-refractivity contribution in [2.24, 2.45) is 0 Å². The maximum Gasteiger partial charge on any atom is 0.335 e. The summed E-state index contributed by atoms with van der Waals surface area (Å²) >= 11 is 3.40. The molecule has 2 aliphatic heterocycles. The van der Waals surface area contributed by atoms with Gasteiger partial charge in [-0.05, 0) is 35.0 Å². The fourth-order valence-electron chi connectivity index (χ4n) is 3.41. The average Bonchev–Trinajstić information content (AvgIpc) is 2.80. The van der Waals surface area contributed by atoms with E-state index in [1.165, 1.54) is 6.92 Å². The maximum atomic E-state index is 12.9. The van der Waals surface area contributed by atoms with E-state index in [0.29, 0.717) is 42.8 Å². The van der Waals surface area contributed by atoms with Crippen molar-refractivity contribution in [3.05, 3.63) is 39.9 Å². The van der Waals surface area contributed by atoms with E-state index in [0.717, 1.165) is 4.47 Å². The average molecular weight is 407 g/mol. The van der Waals surface area contributed by atoms with Crippen LogP contribution in [0.5, 0.6) is 0 Å². The molecule has 6 nitrogen and oxygen atoms in total. The highest BCUT2D eigenvalue weighted by atomic mass is 79.9. The number of rotatable bonds is 2. The van der Waals surface area contributed by atoms with E-state index >= 15 is 0 Å². The zero-order valence-electron chi connectivity index (χ0n) is 14.1. The van der Waals surface area contributed by atoms with Crippen molar-refractivity contribution >= 4 is 39.4 Å². The Hall–Kier alpha value is -2.15. The van der Waals surface area contributed by atoms with Crippen LogP contribution in [0.25, 0.3) is 0 Å². The number of ether oxygens (including phenoxy) is 1. The minimum absolute atomic E-state index is 0.0147. The molecule has 1 aromatic carbocycles. The zero-order valence-corrected chi connectivity index (χ0v) is 15.7. The zero-order chi connectivity index (χ0) is 18.2. The Morgan fingerprint density at radius 2 is 1.88 bits per heavy atom. The monoisotopic (exact) mass is 406 g/mol. The predicted octanol–water partition coefficient (Wildman–Crippen LogP) is 2.64. The van der Waals surface area contributed by atoms with Crippen LogP contribution in [-0.4, -0.2) is 41.4 Å². The molecule has 0 saturated carbocycles. The van der Waals surface area contributed by atoms with Crippen LogP contribution in [0.3, 0.4) is 0 Å². The van der Waals surface area contributed by atoms with Gasteiger partial charge in [-0.3, -0.25) is 9.59 Å². The molecule has 1 fully saturated rings. The van der Waals surface area contributed by atoms with Crippen molar-refractivity contribution in [1.29, 1.82) is 0 Å². The molecular weight excluding hydrogens is 388 g/mol. The van der Waals surface area contributed by atoms with Crippen molar-refractivity contribution in [2.45, 2.75) is 32.3 Å². The highest BCUT2D eigenvalue weighted by molar-refractivity contribution is 9.10. The number of carbonyl (C=O) groups excluding carboxylic acids is 3. The molecule has 2 amide bonds. The minimum Gasteiger partial charge on any atom is -0.450 e. The number of piperidine rings is 1. The van der Waals surface area contributed by atoms with Crippen LogP contribution in [0.4, 0.5) is 5.69 Å². The Balaban J connectivity index is 1.87. The molecule has 0 aliphatic carbocycles. The number of hydrogen-bond acceptors (Lipinski definition) is 4. The van der Waals surface area contributed by atoms with Crippen LogP contribution in [0.1, 0.15) is 26.7 Å². The summed E-state index contributed by atoms with van der Waals surface area (Å²) in [5, 5.41) is 2.85. The van der Waals surface area contributed by atoms with Crippen LogP contribution >= 0.6 is 15.9 Å². The SMILES string of the molecule is CC(=O)N1CCC2(CC1)OC(=O)C(C)=C2C(=O)Nc1ccccc1Br. The molecule has 0 unspecified atom stereocenters. The van der Waals surface area contributed by atoms with Crippen molar-refractivity contribution < 1.29 is 19.1 Å². The Bertz CT molecular complexity index is 779. The van der Waals surface area contributed by atoms with Crippen molar-refractivity contribution in [3.63, 3.8) is 0 Å². The highest BCUT2D eigenvalue weighted by Gasteiger charge is 2.51. The summed E-state index contributed by atoms with van der Waals surface area (Å²) in [6, 6.07) is 7.28. The van der Waals surface area contributed by atoms with Gasteiger partial charge in [-0.15, -0.1) is 0 Å². The van der Waals surface area contributed by atoms with Crippen molar-refractivity contribution in [3.8, 4) is 0 Å². The molecule has 7 heteroatoms. The van der Waals surface area contributed by atoms with E-state index in [1.54, 1.807) is 17.9 Å². The summed E-state index contributed by atoms with van der Waals surface area (Å²) in [4.78, 5) is 38.3. The van der Waals surface area contributed by atoms with Crippen LogP contribution in [0.15, 0.2) is 39.9 Å². The number of benzene rings is 1. The molecule has 0 radical (unpaired) electrons. The molecule has 1 saturated heterocycles. The number of halogens is 1. The lowest BCUT2D eigenvalue weighted by molar-refractivity contribution is -0.152. The molecule has 1 spiro atoms. The number of carbonyl (C=O) groups is 3. The van der Waals surface area contributed by atoms with Gasteiger partial charge in [0, 0.05) is 42.9 Å². The van der Waals surface area contributed by atoms with Gasteiger partial charge in [0.05, 0.1) is 11.3 Å². The lowest BCUT2D eigenvalue weighted by atomic mass is 9.82. The van der Waals surface area contributed by atoms with E-state index in [4.69, 9.17) is 4.74 Å². The van der Waals surface area contributed by atoms with Crippen molar-refractivity contribution in [1.82, 2.24) is 4.90 Å². The van der Waals surface area contributed by atoms with E-state index in [1.807, 2.05) is 18.2 Å². The van der Waals surface area contributed by atoms with Gasteiger partial charge >= 0.3 is 5.97 Å². The van der Waals surface area contributed by atoms with Gasteiger partial charge in [0.2, 0.25) is 5.91 Å². The summed E-state index contributed by atoms with van der Waals surface area (Å²) in [6.45, 7) is 4.05. The number of amides is 2. The molecule has 25 heavy (non-hydrogen) atoms. The lowest BCUT2D eigenvalue weighted by Crippen LogP contribution is -2.49. The van der Waals surface area contributed by atoms with Crippen molar-refractivity contribution in [2.75, 3.05) is 18.4 Å². The number of nitrogens with zero attached hydrogens (tertiary/aromatic N) is 1. The summed E-state index contributed by atoms with van der Waals surface area (Å²) < 4.78 is 6.37. The van der Waals surface area contributed by atoms with Crippen LogP contribution in [0, 0.1) is 0 Å². The largest absolute Gasteiger partial charge is 0.450 e. The third-order valence-electron chi connectivity index (χ3n) is 4.79. The second-order valence-corrected chi connectivity index (χ2v) is 7.18. The molecular formula is C18H19BrN2O4. The summed E-state index contributed by atoms with van der Waals surface area (Å²) in [5.74, 6) is -0.820. The second kappa shape index (κ2) is 6.63. The molecule has 0 atom stereocenters. The molecule has 2 heterocycles. The third-order valence-corrected chi connectivity index (χ3v) is 5.48. The Labute approximate surface area is 154 Å². The topological polar surface area (TPSA) is 75.7 Å². The number of hydrogen-bond donors (Lipinski definition) is 1. The fraction of sp³-hybridized carbons (Fsp3) is 0.389. The van der Waals surface area contributed by atoms with Crippen LogP contribution in [0.2, 0.25) is 0 Å². The quantitative estimate of drug-likeness (QED) is 0.765. The van der Waals surface area contributed by atoms with Crippen LogP contribution < -0.4 is 5.32 Å². The summed E-state index contributed by atoms with van der Waals surface area (Å²) in [5.41, 5.74) is 0.388. The number of esters is 1. The Morgan fingerprint density at radius 3 is 2.48 bits per heavy atom. The summed E-state index contributed by atoms with van der Waals surface area (Å²) in [7, 11) is 0. The Morgan fingerprint density at radius 1 is 1.24 bits per heavy atom. The van der Waals surface area contributed by atoms with Gasteiger partial charge < -0.3 is 15.0 Å². The molecule has 1 N–H and O–H groups in total. The van der Waals surface area contributed by atoms with Gasteiger partial charge in [-0.1, -0.05) is 12.1 Å². The first-order valence-electron chi connectivity index (χ1n) is 8.10. The van der Waals surface area contributed by atoms with E-state index < -0.39 is 11.6 Å². The number of anilines is 1. The number of likely N-dealkylation sites (tertiary alicyclic amines) is 1. The molecule has 3 rings (SSSR count). The van der Waals surface area contributed by atoms with Gasteiger partial charge in [0.15, 0.2) is 0 Å². The van der Waals surface area contributed by atoms with Gasteiger partial charge in [-0.25, -0.2) is 4.79 Å². The lowest BCUT2D eigenvalue weighted by Gasteiger charge is -2.39. The van der Waals surface area contributed by atoms with Gasteiger partial charge in [-0.2, -0.15) is 0 Å². The number of para-hydroxylation sites is 1. The molecule has 132 valence electrons. The standard InChI is InChI=1S/C18H19BrN2O4/c1-11-15(16(23)20-14-6-4-3-5-13(14)19)18(25-17(11)24)7-9-21(10-8-18)12(2)22/h3-6H,7-10H2,1-2H3,(H,20,23). The van der Waals surface area contributed by atoms with E-state index in [-0.39, 0.29) is 11.8 Å². The predicted molar refractivity (Wildman–Crippen MR) is 95.8 cm³/mol. The first-order valence-corrected chi connectivity index (χ1v) is 8.89. The second-order valence-electron chi connectivity index (χ2n) is 6.32. The Kier molecular flexibility index (Phi) is 4.69. The molecule has 2 aliphatic rings. The normalized spacial score (nSPS) is 19.2. The van der Waals surface area contributed by atoms with E-state index in [9.17, 15) is 14.4 Å². The first kappa shape index (κ1) is 17.7. The maximum absolute atomic E-state index is 12.9. The van der Waals surface area contributed by atoms with Gasteiger partial charge in [0.1, 0.15) is 5.60 Å². The smallest absolute Gasteiger partial charge is 0.335 e. The minimum atomic E-state index is -0.946. The fourth-order valence-corrected chi connectivity index (χ4v) is 3.79. The molecule has 1 aromatic rings. The first-order chi connectivity index (χ1) is 11.8. The third kappa shape index (κ3) is 3.20. The van der Waals surface area contributed by atoms with Crippen LogP contribution in [-0.2, 0) is 19.1 Å².